The zero-order valence-electron chi connectivity index (χ0n) is 7.28. The fraction of sp³-hybridized carbons (Fsp3) is 1.00. The monoisotopic (exact) mass is 131 g/mol. The maximum Gasteiger partial charge on any atom is -0.00541 e. The van der Waals surface area contributed by atoms with Gasteiger partial charge in [-0.3, -0.25) is 0 Å². The van der Waals surface area contributed by atoms with Gasteiger partial charge in [-0.1, -0.05) is 40.5 Å². The van der Waals surface area contributed by atoms with Crippen molar-refractivity contribution >= 4 is 0 Å². The van der Waals surface area contributed by atoms with E-state index in [4.69, 9.17) is 5.73 Å². The van der Waals surface area contributed by atoms with Crippen LogP contribution < -0.4 is 5.73 Å². The molecule has 0 saturated carbocycles. The Morgan fingerprint density at radius 2 is 1.33 bits per heavy atom. The normalized spacial score (nSPS) is 8.67. The average Bonchev–Trinajstić information content (AvgIpc) is 1.89. The Kier molecular flexibility index (Phi) is 14.1. The molecule has 0 aliphatic carbocycles. The SMILES string of the molecule is CC(C)CN.CCCC. The molecule has 1 heteroatoms. The lowest BCUT2D eigenvalue weighted by Crippen LogP contribution is -2.05. The van der Waals surface area contributed by atoms with Crippen molar-refractivity contribution in [2.24, 2.45) is 11.7 Å². The van der Waals surface area contributed by atoms with E-state index in [2.05, 4.69) is 27.7 Å². The van der Waals surface area contributed by atoms with E-state index in [-0.39, 0.29) is 0 Å². The summed E-state index contributed by atoms with van der Waals surface area (Å²) >= 11 is 0. The lowest BCUT2D eigenvalue weighted by atomic mass is 10.2. The number of nitrogens with two attached hydrogens (primary N) is 1. The topological polar surface area (TPSA) is 26.0 Å². The number of rotatable bonds is 2. The third-order valence-electron chi connectivity index (χ3n) is 0.971. The molecule has 0 bridgehead atoms. The van der Waals surface area contributed by atoms with Gasteiger partial charge in [0, 0.05) is 0 Å². The van der Waals surface area contributed by atoms with E-state index in [9.17, 15) is 0 Å². The predicted molar refractivity (Wildman–Crippen MR) is 44.5 cm³/mol. The van der Waals surface area contributed by atoms with Crippen LogP contribution in [0.25, 0.3) is 0 Å². The standard InChI is InChI=1S/C4H11N.C4H10/c1-4(2)3-5;1-3-4-2/h4H,3,5H2,1-2H3;3-4H2,1-2H3. The highest BCUT2D eigenvalue weighted by atomic mass is 14.5. The third-order valence-corrected chi connectivity index (χ3v) is 0.971. The van der Waals surface area contributed by atoms with Gasteiger partial charge in [0.25, 0.3) is 0 Å². The van der Waals surface area contributed by atoms with E-state index < -0.39 is 0 Å². The zero-order valence-corrected chi connectivity index (χ0v) is 7.28. The van der Waals surface area contributed by atoms with Crippen molar-refractivity contribution in [2.75, 3.05) is 6.54 Å². The van der Waals surface area contributed by atoms with Gasteiger partial charge in [-0.25, -0.2) is 0 Å². The molecule has 0 fully saturated rings. The molecule has 2 N–H and O–H groups in total. The van der Waals surface area contributed by atoms with E-state index in [1.54, 1.807) is 0 Å². The van der Waals surface area contributed by atoms with Gasteiger partial charge in [-0.15, -0.1) is 0 Å². The van der Waals surface area contributed by atoms with Crippen LogP contribution >= 0.6 is 0 Å². The Morgan fingerprint density at radius 1 is 1.11 bits per heavy atom. The van der Waals surface area contributed by atoms with Crippen LogP contribution in [0.3, 0.4) is 0 Å². The van der Waals surface area contributed by atoms with E-state index in [1.807, 2.05) is 0 Å². The van der Waals surface area contributed by atoms with Crippen molar-refractivity contribution in [1.29, 1.82) is 0 Å². The first-order valence-electron chi connectivity index (χ1n) is 3.89. The number of unbranched alkanes of at least 4 members (excludes halogenated alkanes) is 1. The van der Waals surface area contributed by atoms with E-state index in [0.717, 1.165) is 6.54 Å². The van der Waals surface area contributed by atoms with E-state index >= 15 is 0 Å². The summed E-state index contributed by atoms with van der Waals surface area (Å²) in [5.41, 5.74) is 5.17. The molecule has 0 heterocycles. The van der Waals surface area contributed by atoms with Crippen LogP contribution in [-0.2, 0) is 0 Å². The highest BCUT2D eigenvalue weighted by Crippen LogP contribution is 1.81. The Labute approximate surface area is 59.6 Å². The fourth-order valence-electron chi connectivity index (χ4n) is 0. The highest BCUT2D eigenvalue weighted by Gasteiger charge is 1.80. The molecule has 0 spiro atoms. The summed E-state index contributed by atoms with van der Waals surface area (Å²) in [6, 6.07) is 0. The smallest absolute Gasteiger partial charge is 0.00541 e. The van der Waals surface area contributed by atoms with E-state index in [1.165, 1.54) is 12.8 Å². The molecule has 1 nitrogen and oxygen atoms in total. The summed E-state index contributed by atoms with van der Waals surface area (Å²) in [5.74, 6) is 0.662. The largest absolute Gasteiger partial charge is 0.330 e. The minimum absolute atomic E-state index is 0.662. The summed E-state index contributed by atoms with van der Waals surface area (Å²) in [6.07, 6.45) is 2.64. The molecular weight excluding hydrogens is 110 g/mol. The molecule has 0 atom stereocenters. The van der Waals surface area contributed by atoms with Gasteiger partial charge in [0.2, 0.25) is 0 Å². The lowest BCUT2D eigenvalue weighted by molar-refractivity contribution is 0.664. The first-order chi connectivity index (χ1) is 4.18. The minimum atomic E-state index is 0.662. The van der Waals surface area contributed by atoms with Crippen molar-refractivity contribution in [3.63, 3.8) is 0 Å². The van der Waals surface area contributed by atoms with Crippen molar-refractivity contribution in [3.05, 3.63) is 0 Å². The van der Waals surface area contributed by atoms with Crippen LogP contribution in [0.1, 0.15) is 40.5 Å². The molecule has 0 aliphatic heterocycles. The van der Waals surface area contributed by atoms with Crippen LogP contribution in [-0.4, -0.2) is 6.54 Å². The molecule has 0 radical (unpaired) electrons. The van der Waals surface area contributed by atoms with Gasteiger partial charge in [-0.2, -0.15) is 0 Å². The first-order valence-corrected chi connectivity index (χ1v) is 3.89. The Balaban J connectivity index is 0. The molecule has 0 saturated heterocycles. The molecule has 58 valence electrons. The van der Waals surface area contributed by atoms with Crippen LogP contribution in [0.5, 0.6) is 0 Å². The van der Waals surface area contributed by atoms with Crippen LogP contribution in [0.2, 0.25) is 0 Å². The summed E-state index contributed by atoms with van der Waals surface area (Å²) in [6.45, 7) is 9.36. The second-order valence-electron chi connectivity index (χ2n) is 2.63. The Morgan fingerprint density at radius 3 is 1.33 bits per heavy atom. The van der Waals surface area contributed by atoms with E-state index in [0.29, 0.717) is 5.92 Å². The number of hydrogen-bond acceptors (Lipinski definition) is 1. The summed E-state index contributed by atoms with van der Waals surface area (Å²) in [7, 11) is 0. The summed E-state index contributed by atoms with van der Waals surface area (Å²) in [4.78, 5) is 0. The van der Waals surface area contributed by atoms with Crippen molar-refractivity contribution in [3.8, 4) is 0 Å². The predicted octanol–water partition coefficient (Wildman–Crippen LogP) is 2.41. The molecule has 0 aromatic heterocycles. The molecule has 0 unspecified atom stereocenters. The third kappa shape index (κ3) is 32.3. The van der Waals surface area contributed by atoms with Crippen molar-refractivity contribution in [1.82, 2.24) is 0 Å². The maximum atomic E-state index is 5.17. The Bertz CT molecular complexity index is 31.5. The average molecular weight is 131 g/mol. The maximum absolute atomic E-state index is 5.17. The van der Waals surface area contributed by atoms with Crippen LogP contribution in [0, 0.1) is 5.92 Å². The van der Waals surface area contributed by atoms with Gasteiger partial charge in [0.15, 0.2) is 0 Å². The Hall–Kier alpha value is -0.0400. The molecule has 9 heavy (non-hydrogen) atoms. The van der Waals surface area contributed by atoms with Crippen LogP contribution in [0.4, 0.5) is 0 Å². The second kappa shape index (κ2) is 10.9. The van der Waals surface area contributed by atoms with Gasteiger partial charge in [0.1, 0.15) is 0 Å². The molecule has 0 rings (SSSR count). The second-order valence-corrected chi connectivity index (χ2v) is 2.63. The van der Waals surface area contributed by atoms with Crippen LogP contribution in [0.15, 0.2) is 0 Å². The van der Waals surface area contributed by atoms with Gasteiger partial charge in [0.05, 0.1) is 0 Å². The molecular formula is C8H21N. The quantitative estimate of drug-likeness (QED) is 0.612. The highest BCUT2D eigenvalue weighted by molar-refractivity contribution is 4.38. The fourth-order valence-corrected chi connectivity index (χ4v) is 0. The summed E-state index contributed by atoms with van der Waals surface area (Å²) < 4.78 is 0. The molecule has 0 aromatic rings. The van der Waals surface area contributed by atoms with Gasteiger partial charge >= 0.3 is 0 Å². The summed E-state index contributed by atoms with van der Waals surface area (Å²) in [5, 5.41) is 0. The molecule has 0 amide bonds. The zero-order chi connectivity index (χ0) is 7.70. The van der Waals surface area contributed by atoms with Gasteiger partial charge in [-0.05, 0) is 12.5 Å². The minimum Gasteiger partial charge on any atom is -0.330 e. The lowest BCUT2D eigenvalue weighted by Gasteiger charge is -1.91. The van der Waals surface area contributed by atoms with Gasteiger partial charge < -0.3 is 5.73 Å². The van der Waals surface area contributed by atoms with Crippen molar-refractivity contribution in [2.45, 2.75) is 40.5 Å². The molecule has 0 aliphatic rings. The number of hydrogen-bond donors (Lipinski definition) is 1. The molecule has 0 aromatic carbocycles. The first kappa shape index (κ1) is 11.7. The van der Waals surface area contributed by atoms with Crippen molar-refractivity contribution < 1.29 is 0 Å².